The van der Waals surface area contributed by atoms with Crippen LogP contribution in [0.5, 0.6) is 0 Å². The molecule has 4 aromatic rings. The van der Waals surface area contributed by atoms with Crippen LogP contribution in [0.3, 0.4) is 0 Å². The maximum absolute atomic E-state index is 12.9. The van der Waals surface area contributed by atoms with E-state index in [9.17, 15) is 4.79 Å². The maximum atomic E-state index is 12.9. The van der Waals surface area contributed by atoms with Gasteiger partial charge in [0.25, 0.3) is 0 Å². The molecule has 0 saturated heterocycles. The topological polar surface area (TPSA) is 54.9 Å². The number of para-hydroxylation sites is 1. The fourth-order valence-corrected chi connectivity index (χ4v) is 5.54. The number of hydrogen-bond acceptors (Lipinski definition) is 5. The van der Waals surface area contributed by atoms with Gasteiger partial charge in [-0.2, -0.15) is 0 Å². The second-order valence-electron chi connectivity index (χ2n) is 8.33. The minimum Gasteiger partial charge on any atom is -0.325 e. The molecule has 1 N–H and O–H groups in total. The monoisotopic (exact) mass is 461 g/mol. The average Bonchev–Trinajstić information content (AvgIpc) is 3.23. The lowest BCUT2D eigenvalue weighted by molar-refractivity contribution is -0.113. The molecule has 0 unspecified atom stereocenters. The predicted molar refractivity (Wildman–Crippen MR) is 137 cm³/mol. The summed E-state index contributed by atoms with van der Waals surface area (Å²) >= 11 is 3.10. The number of thioether (sulfide) groups is 1. The van der Waals surface area contributed by atoms with Crippen molar-refractivity contribution in [1.82, 2.24) is 9.97 Å². The number of aromatic nitrogens is 2. The van der Waals surface area contributed by atoms with Gasteiger partial charge in [-0.1, -0.05) is 88.0 Å². The molecule has 6 heteroatoms. The summed E-state index contributed by atoms with van der Waals surface area (Å²) in [6.07, 6.45) is 1.58. The summed E-state index contributed by atoms with van der Waals surface area (Å²) in [4.78, 5) is 23.9. The van der Waals surface area contributed by atoms with Crippen molar-refractivity contribution in [3.63, 3.8) is 0 Å². The van der Waals surface area contributed by atoms with E-state index in [2.05, 4.69) is 79.4 Å². The van der Waals surface area contributed by atoms with E-state index in [1.54, 1.807) is 17.7 Å². The van der Waals surface area contributed by atoms with Crippen LogP contribution in [0, 0.1) is 0 Å². The highest BCUT2D eigenvalue weighted by Crippen LogP contribution is 2.36. The van der Waals surface area contributed by atoms with Crippen LogP contribution in [0.15, 0.2) is 66.0 Å². The van der Waals surface area contributed by atoms with Crippen molar-refractivity contribution in [2.75, 3.05) is 11.1 Å². The van der Waals surface area contributed by atoms with Gasteiger partial charge < -0.3 is 5.32 Å². The van der Waals surface area contributed by atoms with Crippen molar-refractivity contribution < 1.29 is 4.79 Å². The Hall–Kier alpha value is -2.70. The van der Waals surface area contributed by atoms with E-state index in [4.69, 9.17) is 0 Å². The number of rotatable bonds is 7. The first-order chi connectivity index (χ1) is 15.4. The van der Waals surface area contributed by atoms with Gasteiger partial charge in [-0.15, -0.1) is 11.3 Å². The highest BCUT2D eigenvalue weighted by Gasteiger charge is 2.17. The van der Waals surface area contributed by atoms with E-state index in [0.717, 1.165) is 31.4 Å². The fourth-order valence-electron chi connectivity index (χ4n) is 3.70. The van der Waals surface area contributed by atoms with Gasteiger partial charge in [0.05, 0.1) is 5.75 Å². The smallest absolute Gasteiger partial charge is 0.234 e. The van der Waals surface area contributed by atoms with Crippen LogP contribution in [0.1, 0.15) is 50.7 Å². The lowest BCUT2D eigenvalue weighted by Crippen LogP contribution is -2.17. The molecule has 0 aliphatic heterocycles. The molecule has 0 atom stereocenters. The molecule has 4 rings (SSSR count). The molecular weight excluding hydrogens is 434 g/mol. The van der Waals surface area contributed by atoms with Gasteiger partial charge in [-0.3, -0.25) is 4.79 Å². The minimum absolute atomic E-state index is 0.0183. The van der Waals surface area contributed by atoms with Crippen LogP contribution >= 0.6 is 23.1 Å². The first-order valence-corrected chi connectivity index (χ1v) is 12.6. The first kappa shape index (κ1) is 22.5. The fraction of sp³-hybridized carbons (Fsp3) is 0.269. The normalized spacial score (nSPS) is 11.4. The Morgan fingerprint density at radius 1 is 0.969 bits per heavy atom. The van der Waals surface area contributed by atoms with E-state index in [1.165, 1.54) is 22.9 Å². The highest BCUT2D eigenvalue weighted by molar-refractivity contribution is 8.00. The molecular formula is C26H27N3OS2. The minimum atomic E-state index is -0.0183. The second kappa shape index (κ2) is 9.84. The molecule has 0 spiro atoms. The van der Waals surface area contributed by atoms with Gasteiger partial charge in [0.2, 0.25) is 5.91 Å². The molecule has 1 amide bonds. The standard InChI is InChI=1S/C26H27N3OS2/c1-16(2)19-11-8-12-20(17(3)4)24(19)29-23(30)14-31-25-21-13-22(18-9-6-5-7-10-18)32-26(21)28-15-27-25/h5-13,15-17H,14H2,1-4H3,(H,29,30). The Labute approximate surface area is 197 Å². The number of nitrogens with zero attached hydrogens (tertiary/aromatic N) is 2. The molecule has 4 nitrogen and oxygen atoms in total. The summed E-state index contributed by atoms with van der Waals surface area (Å²) in [6, 6.07) is 18.7. The van der Waals surface area contributed by atoms with Gasteiger partial charge in [0.1, 0.15) is 16.2 Å². The Morgan fingerprint density at radius 2 is 1.66 bits per heavy atom. The summed E-state index contributed by atoms with van der Waals surface area (Å²) < 4.78 is 0. The number of nitrogens with one attached hydrogen (secondary N) is 1. The number of fused-ring (bicyclic) bond motifs is 1. The SMILES string of the molecule is CC(C)c1cccc(C(C)C)c1NC(=O)CSc1ncnc2sc(-c3ccccc3)cc12. The van der Waals surface area contributed by atoms with Crippen LogP contribution < -0.4 is 5.32 Å². The van der Waals surface area contributed by atoms with Gasteiger partial charge in [-0.25, -0.2) is 9.97 Å². The summed E-state index contributed by atoms with van der Waals surface area (Å²) in [6.45, 7) is 8.62. The lowest BCUT2D eigenvalue weighted by atomic mass is 9.92. The molecule has 164 valence electrons. The Bertz CT molecular complexity index is 1210. The molecule has 0 fully saturated rings. The van der Waals surface area contributed by atoms with Gasteiger partial charge in [-0.05, 0) is 34.6 Å². The van der Waals surface area contributed by atoms with E-state index in [1.807, 2.05) is 18.2 Å². The van der Waals surface area contributed by atoms with Crippen LogP contribution in [0.25, 0.3) is 20.7 Å². The summed E-state index contributed by atoms with van der Waals surface area (Å²) in [5.41, 5.74) is 4.46. The summed E-state index contributed by atoms with van der Waals surface area (Å²) in [5.74, 6) is 0.947. The largest absolute Gasteiger partial charge is 0.325 e. The van der Waals surface area contributed by atoms with Gasteiger partial charge in [0.15, 0.2) is 0 Å². The predicted octanol–water partition coefficient (Wildman–Crippen LogP) is 7.34. The molecule has 0 aliphatic carbocycles. The number of carbonyl (C=O) groups excluding carboxylic acids is 1. The van der Waals surface area contributed by atoms with E-state index in [0.29, 0.717) is 17.6 Å². The zero-order valence-corrected chi connectivity index (χ0v) is 20.4. The maximum Gasteiger partial charge on any atom is 0.234 e. The highest BCUT2D eigenvalue weighted by atomic mass is 32.2. The Balaban J connectivity index is 1.54. The summed E-state index contributed by atoms with van der Waals surface area (Å²) in [7, 11) is 0. The van der Waals surface area contributed by atoms with Crippen molar-refractivity contribution in [3.8, 4) is 10.4 Å². The lowest BCUT2D eigenvalue weighted by Gasteiger charge is -2.20. The number of carbonyl (C=O) groups is 1. The zero-order chi connectivity index (χ0) is 22.7. The zero-order valence-electron chi connectivity index (χ0n) is 18.8. The van der Waals surface area contributed by atoms with Crippen LogP contribution in [0.4, 0.5) is 5.69 Å². The third-order valence-corrected chi connectivity index (χ3v) is 7.43. The number of amides is 1. The number of anilines is 1. The first-order valence-electron chi connectivity index (χ1n) is 10.8. The Kier molecular flexibility index (Phi) is 6.92. The van der Waals surface area contributed by atoms with Crippen LogP contribution in [-0.2, 0) is 4.79 Å². The summed E-state index contributed by atoms with van der Waals surface area (Å²) in [5, 5.41) is 5.03. The molecule has 0 saturated carbocycles. The molecule has 0 bridgehead atoms. The number of benzene rings is 2. The number of hydrogen-bond donors (Lipinski definition) is 1. The Morgan fingerprint density at radius 3 is 2.31 bits per heavy atom. The molecule has 2 aromatic heterocycles. The van der Waals surface area contributed by atoms with Crippen molar-refractivity contribution in [2.24, 2.45) is 0 Å². The third kappa shape index (κ3) is 4.87. The molecule has 2 aromatic carbocycles. The van der Waals surface area contributed by atoms with E-state index >= 15 is 0 Å². The van der Waals surface area contributed by atoms with E-state index in [-0.39, 0.29) is 5.91 Å². The van der Waals surface area contributed by atoms with Crippen LogP contribution in [-0.4, -0.2) is 21.6 Å². The van der Waals surface area contributed by atoms with Gasteiger partial charge in [0, 0.05) is 16.0 Å². The van der Waals surface area contributed by atoms with E-state index < -0.39 is 0 Å². The van der Waals surface area contributed by atoms with Crippen molar-refractivity contribution in [3.05, 3.63) is 72.1 Å². The molecule has 2 heterocycles. The van der Waals surface area contributed by atoms with Crippen molar-refractivity contribution in [2.45, 2.75) is 44.6 Å². The second-order valence-corrected chi connectivity index (χ2v) is 10.3. The van der Waals surface area contributed by atoms with Crippen molar-refractivity contribution in [1.29, 1.82) is 0 Å². The number of thiophene rings is 1. The quantitative estimate of drug-likeness (QED) is 0.231. The molecule has 0 radical (unpaired) electrons. The van der Waals surface area contributed by atoms with Crippen LogP contribution in [0.2, 0.25) is 0 Å². The molecule has 32 heavy (non-hydrogen) atoms. The molecule has 0 aliphatic rings. The van der Waals surface area contributed by atoms with Gasteiger partial charge >= 0.3 is 0 Å². The average molecular weight is 462 g/mol. The third-order valence-electron chi connectivity index (χ3n) is 5.33. The van der Waals surface area contributed by atoms with Crippen molar-refractivity contribution >= 4 is 44.9 Å².